The van der Waals surface area contributed by atoms with Gasteiger partial charge in [-0.25, -0.2) is 0 Å². The molecule has 3 nitrogen and oxygen atoms in total. The van der Waals surface area contributed by atoms with E-state index in [2.05, 4.69) is 324 Å². The maximum absolute atomic E-state index is 7.50. The summed E-state index contributed by atoms with van der Waals surface area (Å²) in [6.45, 7) is 13.5. The third-order valence-electron chi connectivity index (χ3n) is 11.3. The molecule has 0 aliphatic carbocycles. The molecule has 0 saturated heterocycles. The summed E-state index contributed by atoms with van der Waals surface area (Å²) in [5, 5.41) is 8.39. The summed E-state index contributed by atoms with van der Waals surface area (Å²) < 4.78 is 0. The Hall–Kier alpha value is -7.24. The SMILES string of the molecule is [C]=O.[C]=O.[C]=O.[Rh+].c1ccc(P(c2ccccc2)c2ccccc2)cc1.c1ccc(P(c2ccccc2)c2ccccc2)cc1.c1ccc([B-](c2ccccc2)(c2ccccc2)c2ccccc2)cc1. The standard InChI is InChI=1S/C24H20B.2C18H15P.3CO.Rh/c1-5-13-21(14-6-1)25(22-15-7-2-8-16-22,23-17-9-3-10-18-23)24-19-11-4-12-20-24;2*1-4-10-16(11-5-1)19(17-12-6-2-7-13-17)18-14-8-3-9-15-18;3*1-2;/h1-20H;2*1-15H;;;;/q-1;;;;;;+1. The summed E-state index contributed by atoms with van der Waals surface area (Å²) in [6.07, 6.45) is -1.22. The molecule has 0 fully saturated rings. The van der Waals surface area contributed by atoms with Gasteiger partial charge in [0, 0.05) is 0 Å². The number of benzene rings is 10. The normalized spacial score (nSPS) is 9.91. The molecule has 0 aliphatic heterocycles. The second kappa shape index (κ2) is 31.7. The summed E-state index contributed by atoms with van der Waals surface area (Å²) in [5.74, 6) is 0. The van der Waals surface area contributed by atoms with Gasteiger partial charge < -0.3 is 0 Å². The molecular formula is C63H50BO3P2Rh. The molecule has 0 saturated carbocycles. The molecule has 0 atom stereocenters. The summed E-state index contributed by atoms with van der Waals surface area (Å²) in [6, 6.07) is 108. The fourth-order valence-corrected chi connectivity index (χ4v) is 13.1. The van der Waals surface area contributed by atoms with Crippen LogP contribution in [0.4, 0.5) is 0 Å². The molecule has 0 N–H and O–H groups in total. The van der Waals surface area contributed by atoms with Crippen molar-refractivity contribution in [2.75, 3.05) is 0 Å². The van der Waals surface area contributed by atoms with Gasteiger partial charge >= 0.3 is 19.5 Å². The van der Waals surface area contributed by atoms with Crippen molar-refractivity contribution in [2.24, 2.45) is 0 Å². The fourth-order valence-electron chi connectivity index (χ4n) is 8.48. The first-order valence-corrected chi connectivity index (χ1v) is 24.9. The summed E-state index contributed by atoms with van der Waals surface area (Å²) >= 11 is 0. The number of carbonyl (C=O) groups excluding carboxylic acids is 3. The zero-order valence-corrected chi connectivity index (χ0v) is 41.8. The van der Waals surface area contributed by atoms with E-state index in [0.717, 1.165) is 0 Å². The van der Waals surface area contributed by atoms with Gasteiger partial charge in [0.1, 0.15) is 6.15 Å². The van der Waals surface area contributed by atoms with Crippen LogP contribution in [0, 0.1) is 0 Å². The largest absolute Gasteiger partial charge is 1.00 e. The third-order valence-corrected chi connectivity index (χ3v) is 16.2. The van der Waals surface area contributed by atoms with Crippen molar-refractivity contribution in [3.63, 3.8) is 0 Å². The van der Waals surface area contributed by atoms with E-state index in [0.29, 0.717) is 0 Å². The molecule has 0 bridgehead atoms. The molecule has 10 aromatic rings. The van der Waals surface area contributed by atoms with Gasteiger partial charge in [-0.05, 0) is 47.7 Å². The van der Waals surface area contributed by atoms with Crippen molar-refractivity contribution in [1.29, 1.82) is 0 Å². The van der Waals surface area contributed by atoms with Crippen LogP contribution >= 0.6 is 15.8 Å². The van der Waals surface area contributed by atoms with E-state index in [1.54, 1.807) is 0 Å². The van der Waals surface area contributed by atoms with E-state index in [-0.39, 0.29) is 19.5 Å². The van der Waals surface area contributed by atoms with E-state index in [4.69, 9.17) is 14.4 Å². The first-order chi connectivity index (χ1) is 34.3. The van der Waals surface area contributed by atoms with Gasteiger partial charge in [0.15, 0.2) is 0 Å². The van der Waals surface area contributed by atoms with Crippen LogP contribution in [-0.2, 0) is 33.9 Å². The van der Waals surface area contributed by atoms with Crippen LogP contribution in [0.1, 0.15) is 0 Å². The van der Waals surface area contributed by atoms with E-state index in [1.165, 1.54) is 53.7 Å². The first kappa shape index (κ1) is 55.4. The quantitative estimate of drug-likeness (QED) is 0.102. The molecule has 10 rings (SSSR count). The number of hydrogen-bond acceptors (Lipinski definition) is 3. The molecular weight excluding hydrogens is 980 g/mol. The minimum absolute atomic E-state index is 0. The zero-order chi connectivity index (χ0) is 48.8. The van der Waals surface area contributed by atoms with Gasteiger partial charge in [-0.1, -0.05) is 303 Å². The minimum Gasteiger partial charge on any atom is -0.281 e. The van der Waals surface area contributed by atoms with Crippen molar-refractivity contribution >= 4 is 96.0 Å². The van der Waals surface area contributed by atoms with Gasteiger partial charge in [0.05, 0.1) is 0 Å². The molecule has 0 aliphatic rings. The molecule has 0 heterocycles. The van der Waals surface area contributed by atoms with E-state index < -0.39 is 22.0 Å². The van der Waals surface area contributed by atoms with E-state index in [9.17, 15) is 0 Å². The van der Waals surface area contributed by atoms with Crippen LogP contribution < -0.4 is 53.7 Å². The summed E-state index contributed by atoms with van der Waals surface area (Å²) in [4.78, 5) is 22.5. The van der Waals surface area contributed by atoms with Crippen LogP contribution in [-0.4, -0.2) is 26.5 Å². The minimum atomic E-state index is -1.22. The molecule has 0 unspecified atom stereocenters. The zero-order valence-electron chi connectivity index (χ0n) is 38.4. The Balaban J connectivity index is 0.000000218. The van der Waals surface area contributed by atoms with Crippen molar-refractivity contribution < 1.29 is 33.9 Å². The molecule has 70 heavy (non-hydrogen) atoms. The Morgan fingerprint density at radius 1 is 0.200 bits per heavy atom. The fraction of sp³-hybridized carbons (Fsp3) is 0. The van der Waals surface area contributed by atoms with Crippen LogP contribution in [0.2, 0.25) is 0 Å². The molecule has 6 radical (unpaired) electrons. The average Bonchev–Trinajstić information content (AvgIpc) is 3.46. The molecule has 342 valence electrons. The smallest absolute Gasteiger partial charge is 0.281 e. The van der Waals surface area contributed by atoms with Crippen molar-refractivity contribution in [1.82, 2.24) is 0 Å². The number of hydrogen-bond donors (Lipinski definition) is 0. The molecule has 0 aromatic heterocycles. The molecule has 0 spiro atoms. The predicted octanol–water partition coefficient (Wildman–Crippen LogP) is 8.76. The average molecular weight is 1030 g/mol. The predicted molar refractivity (Wildman–Crippen MR) is 297 cm³/mol. The Morgan fingerprint density at radius 2 is 0.314 bits per heavy atom. The van der Waals surface area contributed by atoms with Crippen LogP contribution in [0.15, 0.2) is 303 Å². The van der Waals surface area contributed by atoms with Crippen LogP contribution in [0.3, 0.4) is 0 Å². The van der Waals surface area contributed by atoms with Crippen molar-refractivity contribution in [3.05, 3.63) is 303 Å². The molecule has 10 aromatic carbocycles. The van der Waals surface area contributed by atoms with Gasteiger partial charge in [-0.15, -0.1) is 0 Å². The topological polar surface area (TPSA) is 51.2 Å². The van der Waals surface area contributed by atoms with Gasteiger partial charge in [-0.3, -0.25) is 14.4 Å². The Morgan fingerprint density at radius 3 is 0.443 bits per heavy atom. The maximum atomic E-state index is 7.50. The van der Waals surface area contributed by atoms with Gasteiger partial charge in [-0.2, -0.15) is 21.9 Å². The van der Waals surface area contributed by atoms with Crippen LogP contribution in [0.25, 0.3) is 0 Å². The molecule has 7 heteroatoms. The first-order valence-electron chi connectivity index (χ1n) is 22.2. The second-order valence-electron chi connectivity index (χ2n) is 15.2. The third kappa shape index (κ3) is 14.9. The Bertz CT molecular complexity index is 2390. The van der Waals surface area contributed by atoms with Crippen molar-refractivity contribution in [2.45, 2.75) is 0 Å². The summed E-state index contributed by atoms with van der Waals surface area (Å²) in [5.41, 5.74) is 5.36. The van der Waals surface area contributed by atoms with Crippen LogP contribution in [0.5, 0.6) is 0 Å². The Labute approximate surface area is 430 Å². The van der Waals surface area contributed by atoms with E-state index in [1.807, 2.05) is 0 Å². The monoisotopic (exact) mass is 1030 g/mol. The molecule has 0 amide bonds. The van der Waals surface area contributed by atoms with Crippen molar-refractivity contribution in [3.8, 4) is 0 Å². The number of rotatable bonds is 10. The Kier molecular flexibility index (Phi) is 25.1. The second-order valence-corrected chi connectivity index (χ2v) is 19.6. The maximum Gasteiger partial charge on any atom is 1.00 e. The van der Waals surface area contributed by atoms with Gasteiger partial charge in [0.25, 0.3) is 20.4 Å². The van der Waals surface area contributed by atoms with E-state index >= 15 is 0 Å². The van der Waals surface area contributed by atoms with Gasteiger partial charge in [0.2, 0.25) is 0 Å². The summed E-state index contributed by atoms with van der Waals surface area (Å²) in [7, 11) is -0.892.